The largest absolute Gasteiger partial charge is 0.490 e. The number of carbonyl (C=O) groups is 2. The minimum atomic E-state index is -0.852. The Labute approximate surface area is 226 Å². The van der Waals surface area contributed by atoms with E-state index in [1.807, 2.05) is 72.8 Å². The molecule has 0 heterocycles. The molecule has 0 unspecified atom stereocenters. The van der Waals surface area contributed by atoms with Gasteiger partial charge in [-0.1, -0.05) is 91.7 Å². The minimum Gasteiger partial charge on any atom is -0.490 e. The number of aliphatic carboxylic acids is 1. The van der Waals surface area contributed by atoms with E-state index in [2.05, 4.69) is 29.6 Å². The van der Waals surface area contributed by atoms with E-state index in [0.29, 0.717) is 25.9 Å². The molecule has 0 spiro atoms. The van der Waals surface area contributed by atoms with Crippen LogP contribution < -0.4 is 10.1 Å². The second-order valence-corrected chi connectivity index (χ2v) is 9.57. The summed E-state index contributed by atoms with van der Waals surface area (Å²) in [4.78, 5) is 23.7. The highest BCUT2D eigenvalue weighted by Crippen LogP contribution is 2.16. The van der Waals surface area contributed by atoms with Gasteiger partial charge in [-0.3, -0.25) is 9.59 Å². The van der Waals surface area contributed by atoms with Gasteiger partial charge in [0.1, 0.15) is 12.4 Å². The van der Waals surface area contributed by atoms with Crippen LogP contribution in [0.5, 0.6) is 5.75 Å². The van der Waals surface area contributed by atoms with Gasteiger partial charge in [0, 0.05) is 18.9 Å². The Bertz CT molecular complexity index is 1110. The molecule has 5 nitrogen and oxygen atoms in total. The summed E-state index contributed by atoms with van der Waals surface area (Å²) in [5.41, 5.74) is 3.52. The molecule has 3 aromatic carbocycles. The monoisotopic (exact) mass is 513 g/mol. The fraction of sp³-hybridized carbons (Fsp3) is 0.333. The molecular formula is C33H39NO4. The minimum absolute atomic E-state index is 0.00592. The first-order valence-electron chi connectivity index (χ1n) is 13.6. The van der Waals surface area contributed by atoms with Crippen LogP contribution in [0.3, 0.4) is 0 Å². The lowest BCUT2D eigenvalue weighted by Gasteiger charge is -2.18. The highest BCUT2D eigenvalue weighted by Gasteiger charge is 2.15. The molecule has 0 bridgehead atoms. The highest BCUT2D eigenvalue weighted by molar-refractivity contribution is 5.76. The smallest absolute Gasteiger partial charge is 0.303 e. The first-order valence-corrected chi connectivity index (χ1v) is 13.6. The number of hydrogen-bond acceptors (Lipinski definition) is 3. The maximum absolute atomic E-state index is 12.6. The van der Waals surface area contributed by atoms with Crippen molar-refractivity contribution in [2.75, 3.05) is 6.61 Å². The van der Waals surface area contributed by atoms with Gasteiger partial charge < -0.3 is 15.2 Å². The second kappa shape index (κ2) is 16.8. The number of carbonyl (C=O) groups excluding carboxylic acids is 1. The average Bonchev–Trinajstić information content (AvgIpc) is 2.93. The number of ether oxygens (including phenoxy) is 1. The maximum atomic E-state index is 12.6. The SMILES string of the molecule is O=C(O)CC[C@@H](Cc1ccc(OC/C=C/c2ccccc2)cc1)NC(=O)CCCCCCc1ccccc1. The number of unbranched alkanes of at least 4 members (excludes halogenated alkanes) is 3. The summed E-state index contributed by atoms with van der Waals surface area (Å²) in [7, 11) is 0. The number of amides is 1. The van der Waals surface area contributed by atoms with Crippen LogP contribution in [0.15, 0.2) is 91.0 Å². The van der Waals surface area contributed by atoms with Crippen molar-refractivity contribution in [2.24, 2.45) is 0 Å². The van der Waals surface area contributed by atoms with Crippen LogP contribution in [0.2, 0.25) is 0 Å². The first-order chi connectivity index (χ1) is 18.6. The molecule has 3 rings (SSSR count). The Morgan fingerprint density at radius 1 is 0.789 bits per heavy atom. The number of aryl methyl sites for hydroxylation is 1. The molecule has 3 aromatic rings. The van der Waals surface area contributed by atoms with Crippen molar-refractivity contribution in [3.05, 3.63) is 108 Å². The third kappa shape index (κ3) is 11.9. The third-order valence-corrected chi connectivity index (χ3v) is 6.40. The molecule has 0 saturated heterocycles. The Hall–Kier alpha value is -3.86. The molecule has 1 amide bonds. The normalized spacial score (nSPS) is 11.8. The van der Waals surface area contributed by atoms with Crippen molar-refractivity contribution >= 4 is 18.0 Å². The van der Waals surface area contributed by atoms with Gasteiger partial charge in [-0.2, -0.15) is 0 Å². The van der Waals surface area contributed by atoms with Crippen molar-refractivity contribution in [3.63, 3.8) is 0 Å². The van der Waals surface area contributed by atoms with Gasteiger partial charge in [0.15, 0.2) is 0 Å². The quantitative estimate of drug-likeness (QED) is 0.193. The molecule has 0 fully saturated rings. The van der Waals surface area contributed by atoms with E-state index in [1.54, 1.807) is 0 Å². The standard InChI is InChI=1S/C33H39NO4/c35-32(18-10-2-1-5-12-27-13-6-3-7-14-27)34-30(21-24-33(36)37)26-29-19-22-31(23-20-29)38-25-11-17-28-15-8-4-9-16-28/h3-4,6-9,11,13-17,19-20,22-23,30H,1-2,5,10,12,18,21,24-26H2,(H,34,35)(H,36,37)/b17-11+/t30-/m0/s1. The van der Waals surface area contributed by atoms with Crippen molar-refractivity contribution < 1.29 is 19.4 Å². The van der Waals surface area contributed by atoms with E-state index in [0.717, 1.165) is 49.0 Å². The summed E-state index contributed by atoms with van der Waals surface area (Å²) in [5, 5.41) is 12.2. The van der Waals surface area contributed by atoms with Crippen molar-refractivity contribution in [1.29, 1.82) is 0 Å². The van der Waals surface area contributed by atoms with Gasteiger partial charge in [0.05, 0.1) is 0 Å². The number of nitrogens with one attached hydrogen (secondary N) is 1. The fourth-order valence-electron chi connectivity index (χ4n) is 4.33. The number of benzene rings is 3. The maximum Gasteiger partial charge on any atom is 0.303 e. The summed E-state index contributed by atoms with van der Waals surface area (Å²) in [5.74, 6) is -0.0894. The molecule has 1 atom stereocenters. The topological polar surface area (TPSA) is 75.6 Å². The summed E-state index contributed by atoms with van der Waals surface area (Å²) < 4.78 is 5.79. The van der Waals surface area contributed by atoms with Gasteiger partial charge in [-0.15, -0.1) is 0 Å². The lowest BCUT2D eigenvalue weighted by atomic mass is 10.0. The second-order valence-electron chi connectivity index (χ2n) is 9.57. The van der Waals surface area contributed by atoms with Gasteiger partial charge in [-0.25, -0.2) is 0 Å². The van der Waals surface area contributed by atoms with Gasteiger partial charge in [0.2, 0.25) is 5.91 Å². The zero-order chi connectivity index (χ0) is 26.8. The predicted molar refractivity (Wildman–Crippen MR) is 153 cm³/mol. The Morgan fingerprint density at radius 3 is 2.18 bits per heavy atom. The van der Waals surface area contributed by atoms with E-state index in [9.17, 15) is 9.59 Å². The van der Waals surface area contributed by atoms with E-state index >= 15 is 0 Å². The average molecular weight is 514 g/mol. The van der Waals surface area contributed by atoms with Crippen molar-refractivity contribution in [1.82, 2.24) is 5.32 Å². The molecule has 0 aliphatic rings. The van der Waals surface area contributed by atoms with Gasteiger partial charge in [-0.05, 0) is 67.0 Å². The van der Waals surface area contributed by atoms with E-state index in [-0.39, 0.29) is 18.4 Å². The molecule has 0 aromatic heterocycles. The summed E-state index contributed by atoms with van der Waals surface area (Å²) in [6, 6.07) is 28.1. The lowest BCUT2D eigenvalue weighted by Crippen LogP contribution is -2.36. The number of carboxylic acid groups (broad SMARTS) is 1. The Kier molecular flexibility index (Phi) is 12.7. The summed E-state index contributed by atoms with van der Waals surface area (Å²) in [6.45, 7) is 0.470. The molecule has 38 heavy (non-hydrogen) atoms. The van der Waals surface area contributed by atoms with Gasteiger partial charge >= 0.3 is 5.97 Å². The van der Waals surface area contributed by atoms with Crippen LogP contribution in [-0.2, 0) is 22.4 Å². The summed E-state index contributed by atoms with van der Waals surface area (Å²) in [6.07, 6.45) is 10.6. The molecular weight excluding hydrogens is 474 g/mol. The number of carboxylic acids is 1. The Morgan fingerprint density at radius 2 is 1.47 bits per heavy atom. The highest BCUT2D eigenvalue weighted by atomic mass is 16.5. The first kappa shape index (κ1) is 28.7. The zero-order valence-electron chi connectivity index (χ0n) is 22.1. The van der Waals surface area contributed by atoms with Crippen LogP contribution in [0.4, 0.5) is 0 Å². The predicted octanol–water partition coefficient (Wildman–Crippen LogP) is 6.86. The fourth-order valence-corrected chi connectivity index (χ4v) is 4.33. The number of hydrogen-bond donors (Lipinski definition) is 2. The van der Waals surface area contributed by atoms with Crippen molar-refractivity contribution in [2.45, 2.75) is 63.8 Å². The molecule has 200 valence electrons. The van der Waals surface area contributed by atoms with Crippen LogP contribution in [0.1, 0.15) is 61.6 Å². The van der Waals surface area contributed by atoms with Crippen LogP contribution in [0, 0.1) is 0 Å². The Balaban J connectivity index is 1.38. The van der Waals surface area contributed by atoms with E-state index in [1.165, 1.54) is 5.56 Å². The van der Waals surface area contributed by atoms with Crippen LogP contribution in [-0.4, -0.2) is 29.6 Å². The number of rotatable bonds is 17. The molecule has 0 radical (unpaired) electrons. The van der Waals surface area contributed by atoms with Gasteiger partial charge in [0.25, 0.3) is 0 Å². The molecule has 0 aliphatic heterocycles. The van der Waals surface area contributed by atoms with Crippen molar-refractivity contribution in [3.8, 4) is 5.75 Å². The zero-order valence-corrected chi connectivity index (χ0v) is 22.1. The van der Waals surface area contributed by atoms with Crippen LogP contribution >= 0.6 is 0 Å². The summed E-state index contributed by atoms with van der Waals surface area (Å²) >= 11 is 0. The molecule has 5 heteroatoms. The molecule has 0 aliphatic carbocycles. The lowest BCUT2D eigenvalue weighted by molar-refractivity contribution is -0.137. The molecule has 2 N–H and O–H groups in total. The van der Waals surface area contributed by atoms with Crippen LogP contribution in [0.25, 0.3) is 6.08 Å². The molecule has 0 saturated carbocycles. The third-order valence-electron chi connectivity index (χ3n) is 6.40. The van der Waals surface area contributed by atoms with E-state index in [4.69, 9.17) is 9.84 Å². The van der Waals surface area contributed by atoms with E-state index < -0.39 is 5.97 Å².